The van der Waals surface area contributed by atoms with Gasteiger partial charge in [-0.25, -0.2) is 9.37 Å². The number of aromatic nitrogens is 2. The molecule has 5 nitrogen and oxygen atoms in total. The Morgan fingerprint density at radius 3 is 2.68 bits per heavy atom. The summed E-state index contributed by atoms with van der Waals surface area (Å²) in [7, 11) is 1.78. The van der Waals surface area contributed by atoms with E-state index in [1.165, 1.54) is 12.1 Å². The molecule has 0 bridgehead atoms. The van der Waals surface area contributed by atoms with Crippen molar-refractivity contribution >= 4 is 17.0 Å². The maximum atomic E-state index is 13.2. The van der Waals surface area contributed by atoms with Gasteiger partial charge in [0.1, 0.15) is 5.82 Å². The first-order valence-electron chi connectivity index (χ1n) is 8.29. The molecular formula is C19H20FN3O2. The Morgan fingerprint density at radius 2 is 2.00 bits per heavy atom. The van der Waals surface area contributed by atoms with Crippen molar-refractivity contribution < 1.29 is 13.7 Å². The number of carbonyl (C=O) groups is 1. The Hall–Kier alpha value is -2.76. The van der Waals surface area contributed by atoms with Gasteiger partial charge in [-0.3, -0.25) is 4.79 Å². The van der Waals surface area contributed by atoms with Crippen LogP contribution in [0, 0.1) is 12.7 Å². The minimum atomic E-state index is -0.323. The number of amides is 1. The largest absolute Gasteiger partial charge is 0.342 e. The standard InChI is InChI=1S/C19H20FN3O2/c1-4-5-10-23(3)19(24)15-11-16(13-6-8-14(20)9-7-13)21-18-17(15)12(2)22-25-18/h6-9,11H,4-5,10H2,1-3H3. The van der Waals surface area contributed by atoms with Gasteiger partial charge in [0.15, 0.2) is 0 Å². The second-order valence-electron chi connectivity index (χ2n) is 6.09. The van der Waals surface area contributed by atoms with Crippen LogP contribution in [-0.2, 0) is 0 Å². The van der Waals surface area contributed by atoms with Gasteiger partial charge < -0.3 is 9.42 Å². The van der Waals surface area contributed by atoms with Gasteiger partial charge in [-0.1, -0.05) is 18.5 Å². The molecule has 1 amide bonds. The molecule has 0 saturated heterocycles. The summed E-state index contributed by atoms with van der Waals surface area (Å²) < 4.78 is 18.5. The molecule has 0 radical (unpaired) electrons. The van der Waals surface area contributed by atoms with E-state index in [1.54, 1.807) is 37.1 Å². The van der Waals surface area contributed by atoms with Gasteiger partial charge >= 0.3 is 0 Å². The fourth-order valence-electron chi connectivity index (χ4n) is 2.73. The van der Waals surface area contributed by atoms with E-state index in [9.17, 15) is 9.18 Å². The van der Waals surface area contributed by atoms with Gasteiger partial charge in [0.2, 0.25) is 0 Å². The van der Waals surface area contributed by atoms with Gasteiger partial charge in [-0.05, 0) is 43.7 Å². The molecule has 0 aliphatic heterocycles. The third-order valence-corrected chi connectivity index (χ3v) is 4.18. The molecule has 0 aliphatic carbocycles. The lowest BCUT2D eigenvalue weighted by molar-refractivity contribution is 0.0795. The van der Waals surface area contributed by atoms with Gasteiger partial charge in [-0.15, -0.1) is 0 Å². The summed E-state index contributed by atoms with van der Waals surface area (Å²) in [6.07, 6.45) is 1.94. The minimum absolute atomic E-state index is 0.101. The highest BCUT2D eigenvalue weighted by atomic mass is 19.1. The Balaban J connectivity index is 2.10. The van der Waals surface area contributed by atoms with Crippen LogP contribution in [0.4, 0.5) is 4.39 Å². The highest BCUT2D eigenvalue weighted by Crippen LogP contribution is 2.28. The second-order valence-corrected chi connectivity index (χ2v) is 6.09. The number of rotatable bonds is 5. The number of benzene rings is 1. The fraction of sp³-hybridized carbons (Fsp3) is 0.316. The minimum Gasteiger partial charge on any atom is -0.342 e. The van der Waals surface area contributed by atoms with E-state index >= 15 is 0 Å². The van der Waals surface area contributed by atoms with Gasteiger partial charge in [0, 0.05) is 19.2 Å². The van der Waals surface area contributed by atoms with E-state index in [1.807, 2.05) is 0 Å². The third kappa shape index (κ3) is 3.38. The lowest BCUT2D eigenvalue weighted by atomic mass is 10.0. The number of halogens is 1. The van der Waals surface area contributed by atoms with Gasteiger partial charge in [0.25, 0.3) is 11.6 Å². The normalized spacial score (nSPS) is 11.0. The Bertz CT molecular complexity index is 903. The van der Waals surface area contributed by atoms with Crippen molar-refractivity contribution in [1.29, 1.82) is 0 Å². The predicted octanol–water partition coefficient (Wildman–Crippen LogP) is 4.21. The molecule has 130 valence electrons. The monoisotopic (exact) mass is 341 g/mol. The average molecular weight is 341 g/mol. The van der Waals surface area contributed by atoms with Crippen LogP contribution in [0.5, 0.6) is 0 Å². The van der Waals surface area contributed by atoms with E-state index < -0.39 is 0 Å². The van der Waals surface area contributed by atoms with E-state index in [4.69, 9.17) is 4.52 Å². The molecule has 2 aromatic heterocycles. The highest BCUT2D eigenvalue weighted by molar-refractivity contribution is 6.06. The number of carbonyl (C=O) groups excluding carboxylic acids is 1. The first kappa shape index (κ1) is 17.1. The summed E-state index contributed by atoms with van der Waals surface area (Å²) in [6, 6.07) is 7.71. The van der Waals surface area contributed by atoms with Crippen LogP contribution in [0.25, 0.3) is 22.4 Å². The maximum Gasteiger partial charge on any atom is 0.259 e. The average Bonchev–Trinajstić information content (AvgIpc) is 3.00. The molecule has 0 aliphatic rings. The van der Waals surface area contributed by atoms with Crippen LogP contribution in [0.1, 0.15) is 35.8 Å². The van der Waals surface area contributed by atoms with Crippen LogP contribution in [-0.4, -0.2) is 34.5 Å². The zero-order valence-corrected chi connectivity index (χ0v) is 14.5. The third-order valence-electron chi connectivity index (χ3n) is 4.18. The number of pyridine rings is 1. The number of hydrogen-bond acceptors (Lipinski definition) is 4. The Kier molecular flexibility index (Phi) is 4.79. The van der Waals surface area contributed by atoms with E-state index in [2.05, 4.69) is 17.1 Å². The number of aryl methyl sites for hydroxylation is 1. The van der Waals surface area contributed by atoms with E-state index in [0.29, 0.717) is 40.2 Å². The first-order valence-corrected chi connectivity index (χ1v) is 8.29. The van der Waals surface area contributed by atoms with Crippen LogP contribution < -0.4 is 0 Å². The molecule has 25 heavy (non-hydrogen) atoms. The smallest absolute Gasteiger partial charge is 0.259 e. The van der Waals surface area contributed by atoms with Crippen molar-refractivity contribution in [2.75, 3.05) is 13.6 Å². The molecule has 6 heteroatoms. The van der Waals surface area contributed by atoms with Crippen LogP contribution in [0.3, 0.4) is 0 Å². The van der Waals surface area contributed by atoms with Gasteiger partial charge in [-0.2, -0.15) is 0 Å². The summed E-state index contributed by atoms with van der Waals surface area (Å²) in [4.78, 5) is 19.1. The topological polar surface area (TPSA) is 59.2 Å². The molecule has 0 unspecified atom stereocenters. The number of fused-ring (bicyclic) bond motifs is 1. The lowest BCUT2D eigenvalue weighted by Crippen LogP contribution is -2.28. The summed E-state index contributed by atoms with van der Waals surface area (Å²) >= 11 is 0. The molecular weight excluding hydrogens is 321 g/mol. The van der Waals surface area contributed by atoms with Crippen molar-refractivity contribution in [2.45, 2.75) is 26.7 Å². The molecule has 0 fully saturated rings. The molecule has 3 rings (SSSR count). The molecule has 0 N–H and O–H groups in total. The number of nitrogens with zero attached hydrogens (tertiary/aromatic N) is 3. The summed E-state index contributed by atoms with van der Waals surface area (Å²) in [5.41, 5.74) is 2.70. The molecule has 0 saturated carbocycles. The first-order chi connectivity index (χ1) is 12.0. The van der Waals surface area contributed by atoms with Crippen molar-refractivity contribution in [2.24, 2.45) is 0 Å². The fourth-order valence-corrected chi connectivity index (χ4v) is 2.73. The zero-order chi connectivity index (χ0) is 18.0. The second kappa shape index (κ2) is 7.01. The van der Waals surface area contributed by atoms with Crippen molar-refractivity contribution in [1.82, 2.24) is 15.0 Å². The highest BCUT2D eigenvalue weighted by Gasteiger charge is 2.21. The summed E-state index contributed by atoms with van der Waals surface area (Å²) in [5, 5.41) is 4.57. The molecule has 1 aromatic carbocycles. The quantitative estimate of drug-likeness (QED) is 0.697. The van der Waals surface area contributed by atoms with Crippen molar-refractivity contribution in [3.8, 4) is 11.3 Å². The Morgan fingerprint density at radius 1 is 1.28 bits per heavy atom. The number of unbranched alkanes of at least 4 members (excludes halogenated alkanes) is 1. The zero-order valence-electron chi connectivity index (χ0n) is 14.5. The van der Waals surface area contributed by atoms with Crippen LogP contribution >= 0.6 is 0 Å². The molecule has 0 spiro atoms. The van der Waals surface area contributed by atoms with Crippen LogP contribution in [0.2, 0.25) is 0 Å². The van der Waals surface area contributed by atoms with E-state index in [-0.39, 0.29) is 11.7 Å². The summed E-state index contributed by atoms with van der Waals surface area (Å²) in [5.74, 6) is -0.425. The molecule has 2 heterocycles. The van der Waals surface area contributed by atoms with E-state index in [0.717, 1.165) is 12.8 Å². The lowest BCUT2D eigenvalue weighted by Gasteiger charge is -2.17. The Labute approximate surface area is 145 Å². The van der Waals surface area contributed by atoms with Gasteiger partial charge in [0.05, 0.1) is 22.3 Å². The van der Waals surface area contributed by atoms with Crippen LogP contribution in [0.15, 0.2) is 34.9 Å². The predicted molar refractivity (Wildman–Crippen MR) is 93.8 cm³/mol. The molecule has 0 atom stereocenters. The SMILES string of the molecule is CCCCN(C)C(=O)c1cc(-c2ccc(F)cc2)nc2onc(C)c12. The molecule has 3 aromatic rings. The number of hydrogen-bond donors (Lipinski definition) is 0. The van der Waals surface area contributed by atoms with Crippen molar-refractivity contribution in [3.05, 3.63) is 47.4 Å². The van der Waals surface area contributed by atoms with Crippen molar-refractivity contribution in [3.63, 3.8) is 0 Å². The summed E-state index contributed by atoms with van der Waals surface area (Å²) in [6.45, 7) is 4.54. The maximum absolute atomic E-state index is 13.2.